The Morgan fingerprint density at radius 1 is 1.33 bits per heavy atom. The molecule has 88 valence electrons. The molecule has 0 atom stereocenters. The summed E-state index contributed by atoms with van der Waals surface area (Å²) < 4.78 is 5.70. The highest BCUT2D eigenvalue weighted by atomic mass is 79.9. The summed E-state index contributed by atoms with van der Waals surface area (Å²) in [6, 6.07) is 8.41. The molecule has 1 N–H and O–H groups in total. The maximum atomic E-state index is 9.07. The van der Waals surface area contributed by atoms with Crippen LogP contribution in [0.15, 0.2) is 21.7 Å². The van der Waals surface area contributed by atoms with Crippen molar-refractivity contribution >= 4 is 27.3 Å². The molecular weight excluding hydrogens is 298 g/mol. The molecule has 0 fully saturated rings. The van der Waals surface area contributed by atoms with Gasteiger partial charge in [-0.1, -0.05) is 0 Å². The van der Waals surface area contributed by atoms with Crippen molar-refractivity contribution in [2.75, 3.05) is 12.5 Å². The van der Waals surface area contributed by atoms with Gasteiger partial charge in [0, 0.05) is 0 Å². The summed E-state index contributed by atoms with van der Waals surface area (Å²) in [6.07, 6.45) is 0. The van der Waals surface area contributed by atoms with E-state index in [1.807, 2.05) is 6.07 Å². The van der Waals surface area contributed by atoms with Gasteiger partial charge in [0.2, 0.25) is 5.71 Å². The Morgan fingerprint density at radius 3 is 2.50 bits per heavy atom. The fraction of sp³-hybridized carbons (Fsp3) is 0.0909. The first-order valence-corrected chi connectivity index (χ1v) is 5.37. The second-order valence-corrected chi connectivity index (χ2v) is 3.77. The van der Waals surface area contributed by atoms with Gasteiger partial charge in [0.25, 0.3) is 0 Å². The molecule has 1 aromatic rings. The summed E-state index contributed by atoms with van der Waals surface area (Å²) in [4.78, 5) is 0. The third-order valence-electron chi connectivity index (χ3n) is 1.93. The van der Waals surface area contributed by atoms with Crippen LogP contribution in [0.1, 0.15) is 5.56 Å². The number of ether oxygens (including phenoxy) is 1. The molecule has 0 unspecified atom stereocenters. The van der Waals surface area contributed by atoms with Crippen molar-refractivity contribution in [2.45, 2.75) is 0 Å². The molecule has 6 nitrogen and oxygen atoms in total. The molecule has 0 aliphatic heterocycles. The topological polar surface area (TPSA) is 105 Å². The number of anilines is 1. The molecule has 0 aliphatic carbocycles. The first-order chi connectivity index (χ1) is 8.67. The van der Waals surface area contributed by atoms with E-state index in [-0.39, 0.29) is 11.3 Å². The molecule has 1 rings (SSSR count). The van der Waals surface area contributed by atoms with Gasteiger partial charge < -0.3 is 4.74 Å². The Kier molecular flexibility index (Phi) is 4.68. The summed E-state index contributed by atoms with van der Waals surface area (Å²) in [5.41, 5.74) is 2.73. The van der Waals surface area contributed by atoms with Crippen molar-refractivity contribution in [1.29, 1.82) is 15.8 Å². The van der Waals surface area contributed by atoms with Gasteiger partial charge in [-0.15, -0.1) is 0 Å². The highest BCUT2D eigenvalue weighted by Crippen LogP contribution is 2.33. The van der Waals surface area contributed by atoms with Crippen molar-refractivity contribution in [3.63, 3.8) is 0 Å². The van der Waals surface area contributed by atoms with Crippen LogP contribution in [0.5, 0.6) is 5.75 Å². The van der Waals surface area contributed by atoms with Crippen LogP contribution in [-0.2, 0) is 0 Å². The normalized spacial score (nSPS) is 8.39. The summed E-state index contributed by atoms with van der Waals surface area (Å²) in [5, 5.41) is 29.7. The summed E-state index contributed by atoms with van der Waals surface area (Å²) in [5.74, 6) is 0.355. The molecule has 0 amide bonds. The van der Waals surface area contributed by atoms with Crippen molar-refractivity contribution in [2.24, 2.45) is 5.10 Å². The van der Waals surface area contributed by atoms with E-state index in [0.29, 0.717) is 15.9 Å². The summed E-state index contributed by atoms with van der Waals surface area (Å²) in [6.45, 7) is 0. The van der Waals surface area contributed by atoms with E-state index in [0.717, 1.165) is 0 Å². The fourth-order valence-corrected chi connectivity index (χ4v) is 1.64. The first kappa shape index (κ1) is 13.5. The second-order valence-electron chi connectivity index (χ2n) is 2.91. The van der Waals surface area contributed by atoms with Gasteiger partial charge in [-0.25, -0.2) is 0 Å². The minimum Gasteiger partial charge on any atom is -0.494 e. The third-order valence-corrected chi connectivity index (χ3v) is 2.55. The number of hydrazone groups is 1. The molecule has 0 aliphatic rings. The van der Waals surface area contributed by atoms with Gasteiger partial charge in [0.05, 0.1) is 17.3 Å². The summed E-state index contributed by atoms with van der Waals surface area (Å²) in [7, 11) is 1.43. The smallest absolute Gasteiger partial charge is 0.237 e. The first-order valence-electron chi connectivity index (χ1n) is 4.58. The minimum absolute atomic E-state index is 0.228. The van der Waals surface area contributed by atoms with Crippen LogP contribution in [0.2, 0.25) is 0 Å². The molecule has 0 spiro atoms. The van der Waals surface area contributed by atoms with Crippen LogP contribution < -0.4 is 10.2 Å². The number of nitrogens with zero attached hydrogens (tertiary/aromatic N) is 4. The SMILES string of the molecule is COc1c(Br)ccc(NN=C(C#N)C#N)c1C#N. The lowest BCUT2D eigenvalue weighted by Gasteiger charge is -2.09. The van der Waals surface area contributed by atoms with E-state index < -0.39 is 0 Å². The maximum absolute atomic E-state index is 9.07. The zero-order chi connectivity index (χ0) is 13.5. The van der Waals surface area contributed by atoms with Crippen molar-refractivity contribution < 1.29 is 4.74 Å². The molecule has 1 aromatic carbocycles. The van der Waals surface area contributed by atoms with E-state index in [1.165, 1.54) is 7.11 Å². The molecule has 7 heteroatoms. The third kappa shape index (κ3) is 2.76. The van der Waals surface area contributed by atoms with Crippen molar-refractivity contribution in [3.05, 3.63) is 22.2 Å². The Bertz CT molecular complexity index is 602. The molecule has 0 saturated heterocycles. The molecular formula is C11H6BrN5O. The Labute approximate surface area is 112 Å². The van der Waals surface area contributed by atoms with E-state index in [1.54, 1.807) is 24.3 Å². The molecule has 0 aromatic heterocycles. The standard InChI is InChI=1S/C11H6BrN5O/c1-18-11-8(6-15)10(3-2-9(11)12)17-16-7(4-13)5-14/h2-3,17H,1H3. The lowest BCUT2D eigenvalue weighted by Crippen LogP contribution is -2.00. The summed E-state index contributed by atoms with van der Waals surface area (Å²) >= 11 is 3.25. The molecule has 0 radical (unpaired) electrons. The lowest BCUT2D eigenvalue weighted by atomic mass is 10.2. The van der Waals surface area contributed by atoms with Crippen LogP contribution in [0.4, 0.5) is 5.69 Å². The molecule has 0 bridgehead atoms. The Balaban J connectivity index is 3.21. The highest BCUT2D eigenvalue weighted by molar-refractivity contribution is 9.10. The van der Waals surface area contributed by atoms with Gasteiger partial charge in [0.15, 0.2) is 5.75 Å². The van der Waals surface area contributed by atoms with E-state index in [9.17, 15) is 0 Å². The number of halogens is 1. The van der Waals surface area contributed by atoms with E-state index >= 15 is 0 Å². The number of nitrogens with one attached hydrogen (secondary N) is 1. The number of hydrogen-bond donors (Lipinski definition) is 1. The molecule has 0 heterocycles. The molecule has 0 saturated carbocycles. The van der Waals surface area contributed by atoms with E-state index in [4.69, 9.17) is 20.5 Å². The maximum Gasteiger partial charge on any atom is 0.237 e. The van der Waals surface area contributed by atoms with Crippen molar-refractivity contribution in [3.8, 4) is 24.0 Å². The monoisotopic (exact) mass is 303 g/mol. The zero-order valence-corrected chi connectivity index (χ0v) is 10.8. The number of hydrogen-bond acceptors (Lipinski definition) is 6. The number of rotatable bonds is 3. The van der Waals surface area contributed by atoms with Gasteiger partial charge in [-0.3, -0.25) is 5.43 Å². The number of benzene rings is 1. The van der Waals surface area contributed by atoms with Gasteiger partial charge in [-0.05, 0) is 28.1 Å². The van der Waals surface area contributed by atoms with Crippen molar-refractivity contribution in [1.82, 2.24) is 0 Å². The highest BCUT2D eigenvalue weighted by Gasteiger charge is 2.12. The fourth-order valence-electron chi connectivity index (χ4n) is 1.15. The largest absolute Gasteiger partial charge is 0.494 e. The van der Waals surface area contributed by atoms with Crippen LogP contribution in [0.25, 0.3) is 0 Å². The van der Waals surface area contributed by atoms with Gasteiger partial charge in [0.1, 0.15) is 23.8 Å². The predicted octanol–water partition coefficient (Wildman–Crippen LogP) is 2.14. The lowest BCUT2D eigenvalue weighted by molar-refractivity contribution is 0.411. The molecule has 18 heavy (non-hydrogen) atoms. The van der Waals surface area contributed by atoms with Gasteiger partial charge >= 0.3 is 0 Å². The van der Waals surface area contributed by atoms with Crippen LogP contribution in [0, 0.1) is 34.0 Å². The average molecular weight is 304 g/mol. The second kappa shape index (κ2) is 6.24. The van der Waals surface area contributed by atoms with Crippen LogP contribution in [0.3, 0.4) is 0 Å². The van der Waals surface area contributed by atoms with Crippen LogP contribution >= 0.6 is 15.9 Å². The zero-order valence-electron chi connectivity index (χ0n) is 9.23. The quantitative estimate of drug-likeness (QED) is 0.680. The Morgan fingerprint density at radius 2 is 2.00 bits per heavy atom. The predicted molar refractivity (Wildman–Crippen MR) is 67.7 cm³/mol. The Hall–Kier alpha value is -2.56. The number of methoxy groups -OCH3 is 1. The van der Waals surface area contributed by atoms with Gasteiger partial charge in [-0.2, -0.15) is 20.9 Å². The van der Waals surface area contributed by atoms with Crippen LogP contribution in [-0.4, -0.2) is 12.8 Å². The number of nitriles is 3. The van der Waals surface area contributed by atoms with E-state index in [2.05, 4.69) is 26.5 Å². The average Bonchev–Trinajstić information content (AvgIpc) is 2.40. The minimum atomic E-state index is -0.333.